The third kappa shape index (κ3) is 3.69. The van der Waals surface area contributed by atoms with Crippen molar-refractivity contribution in [2.24, 2.45) is 0 Å². The van der Waals surface area contributed by atoms with Crippen molar-refractivity contribution in [3.63, 3.8) is 0 Å². The number of nitrogens with one attached hydrogen (secondary N) is 1. The van der Waals surface area contributed by atoms with Gasteiger partial charge in [0.05, 0.1) is 5.92 Å². The molecule has 1 aromatic carbocycles. The van der Waals surface area contributed by atoms with Crippen LogP contribution in [0.1, 0.15) is 44.6 Å². The molecular weight excluding hydrogens is 198 g/mol. The molecule has 0 fully saturated rings. The molecule has 1 N–H and O–H groups in total. The second kappa shape index (κ2) is 7.04. The maximum atomic E-state index is 12.0. The van der Waals surface area contributed by atoms with Crippen LogP contribution in [0.15, 0.2) is 30.3 Å². The van der Waals surface area contributed by atoms with E-state index in [4.69, 9.17) is 0 Å². The summed E-state index contributed by atoms with van der Waals surface area (Å²) < 4.78 is 0. The Hall–Kier alpha value is -1.31. The molecule has 0 radical (unpaired) electrons. The van der Waals surface area contributed by atoms with E-state index in [1.807, 2.05) is 30.3 Å². The summed E-state index contributed by atoms with van der Waals surface area (Å²) in [5, 5.41) is 2.98. The smallest absolute Gasteiger partial charge is 0.227 e. The molecule has 0 aromatic heterocycles. The lowest BCUT2D eigenvalue weighted by Gasteiger charge is -2.16. The Morgan fingerprint density at radius 3 is 2.44 bits per heavy atom. The Morgan fingerprint density at radius 1 is 1.19 bits per heavy atom. The molecule has 0 bridgehead atoms. The molecule has 0 saturated heterocycles. The minimum Gasteiger partial charge on any atom is -0.356 e. The van der Waals surface area contributed by atoms with E-state index in [0.29, 0.717) is 0 Å². The molecule has 0 saturated carbocycles. The molecule has 1 atom stereocenters. The Labute approximate surface area is 98.1 Å². The molecule has 0 aliphatic rings. The monoisotopic (exact) mass is 219 g/mol. The van der Waals surface area contributed by atoms with Crippen LogP contribution < -0.4 is 5.32 Å². The third-order valence-corrected chi connectivity index (χ3v) is 2.65. The zero-order valence-electron chi connectivity index (χ0n) is 10.2. The number of carbonyl (C=O) groups excluding carboxylic acids is 1. The number of hydrogen-bond acceptors (Lipinski definition) is 1. The minimum absolute atomic E-state index is 0.0118. The Bertz CT molecular complexity index is 308. The number of benzene rings is 1. The van der Waals surface area contributed by atoms with Gasteiger partial charge >= 0.3 is 0 Å². The van der Waals surface area contributed by atoms with Crippen LogP contribution >= 0.6 is 0 Å². The van der Waals surface area contributed by atoms with E-state index in [9.17, 15) is 4.79 Å². The largest absolute Gasteiger partial charge is 0.356 e. The zero-order valence-corrected chi connectivity index (χ0v) is 10.2. The highest BCUT2D eigenvalue weighted by molar-refractivity contribution is 5.83. The maximum Gasteiger partial charge on any atom is 0.227 e. The average molecular weight is 219 g/mol. The highest BCUT2D eigenvalue weighted by atomic mass is 16.1. The van der Waals surface area contributed by atoms with Crippen LogP contribution in [0.25, 0.3) is 0 Å². The van der Waals surface area contributed by atoms with E-state index in [-0.39, 0.29) is 11.8 Å². The summed E-state index contributed by atoms with van der Waals surface area (Å²) in [5.41, 5.74) is 1.12. The summed E-state index contributed by atoms with van der Waals surface area (Å²) in [6, 6.07) is 10.0. The summed E-state index contributed by atoms with van der Waals surface area (Å²) in [5.74, 6) is 0.174. The molecule has 0 aliphatic heterocycles. The zero-order chi connectivity index (χ0) is 11.8. The summed E-state index contributed by atoms with van der Waals surface area (Å²) >= 11 is 0. The van der Waals surface area contributed by atoms with Gasteiger partial charge in [-0.1, -0.05) is 50.6 Å². The van der Waals surface area contributed by atoms with Crippen molar-refractivity contribution in [1.82, 2.24) is 5.32 Å². The van der Waals surface area contributed by atoms with Crippen molar-refractivity contribution in [3.8, 4) is 0 Å². The van der Waals surface area contributed by atoms with Crippen LogP contribution in [0.5, 0.6) is 0 Å². The van der Waals surface area contributed by atoms with Crippen LogP contribution in [0.3, 0.4) is 0 Å². The van der Waals surface area contributed by atoms with Crippen LogP contribution in [-0.4, -0.2) is 12.5 Å². The molecule has 88 valence electrons. The van der Waals surface area contributed by atoms with E-state index >= 15 is 0 Å². The normalized spacial score (nSPS) is 12.1. The fraction of sp³-hybridized carbons (Fsp3) is 0.500. The Kier molecular flexibility index (Phi) is 5.62. The SMILES string of the molecule is CCCNC(=O)C(CCC)c1ccccc1. The summed E-state index contributed by atoms with van der Waals surface area (Å²) in [7, 11) is 0. The van der Waals surface area contributed by atoms with Crippen LogP contribution in [0.4, 0.5) is 0 Å². The number of rotatable bonds is 6. The fourth-order valence-electron chi connectivity index (χ4n) is 1.79. The lowest BCUT2D eigenvalue weighted by Crippen LogP contribution is -2.29. The van der Waals surface area contributed by atoms with E-state index < -0.39 is 0 Å². The van der Waals surface area contributed by atoms with Crippen molar-refractivity contribution in [1.29, 1.82) is 0 Å². The van der Waals surface area contributed by atoms with E-state index in [1.54, 1.807) is 0 Å². The van der Waals surface area contributed by atoms with Gasteiger partial charge in [0.25, 0.3) is 0 Å². The van der Waals surface area contributed by atoms with Gasteiger partial charge in [-0.3, -0.25) is 4.79 Å². The van der Waals surface area contributed by atoms with Crippen molar-refractivity contribution >= 4 is 5.91 Å². The molecule has 0 spiro atoms. The summed E-state index contributed by atoms with van der Waals surface area (Å²) in [4.78, 5) is 12.0. The van der Waals surface area contributed by atoms with Crippen molar-refractivity contribution in [2.75, 3.05) is 6.54 Å². The lowest BCUT2D eigenvalue weighted by atomic mass is 9.93. The van der Waals surface area contributed by atoms with Crippen LogP contribution in [-0.2, 0) is 4.79 Å². The summed E-state index contributed by atoms with van der Waals surface area (Å²) in [6.07, 6.45) is 2.93. The first-order chi connectivity index (χ1) is 7.79. The average Bonchev–Trinajstić information content (AvgIpc) is 2.34. The van der Waals surface area contributed by atoms with E-state index in [0.717, 1.165) is 31.4 Å². The van der Waals surface area contributed by atoms with Gasteiger partial charge in [0.15, 0.2) is 0 Å². The predicted octanol–water partition coefficient (Wildman–Crippen LogP) is 3.10. The first kappa shape index (κ1) is 12.8. The van der Waals surface area contributed by atoms with Gasteiger partial charge in [-0.2, -0.15) is 0 Å². The standard InChI is InChI=1S/C14H21NO/c1-3-8-13(14(16)15-11-4-2)12-9-6-5-7-10-12/h5-7,9-10,13H,3-4,8,11H2,1-2H3,(H,15,16). The van der Waals surface area contributed by atoms with Crippen molar-refractivity contribution < 1.29 is 4.79 Å². The van der Waals surface area contributed by atoms with Crippen molar-refractivity contribution in [3.05, 3.63) is 35.9 Å². The third-order valence-electron chi connectivity index (χ3n) is 2.65. The molecule has 0 aliphatic carbocycles. The molecule has 2 heteroatoms. The van der Waals surface area contributed by atoms with Gasteiger partial charge in [-0.25, -0.2) is 0 Å². The molecule has 1 amide bonds. The first-order valence-corrected chi connectivity index (χ1v) is 6.12. The predicted molar refractivity (Wildman–Crippen MR) is 67.4 cm³/mol. The minimum atomic E-state index is 0.0118. The van der Waals surface area contributed by atoms with E-state index in [2.05, 4.69) is 19.2 Å². The van der Waals surface area contributed by atoms with Gasteiger partial charge < -0.3 is 5.32 Å². The topological polar surface area (TPSA) is 29.1 Å². The van der Waals surface area contributed by atoms with Gasteiger partial charge in [0.2, 0.25) is 5.91 Å². The molecule has 2 nitrogen and oxygen atoms in total. The lowest BCUT2D eigenvalue weighted by molar-refractivity contribution is -0.122. The molecule has 0 heterocycles. The van der Waals surface area contributed by atoms with Crippen LogP contribution in [0, 0.1) is 0 Å². The number of amides is 1. The Morgan fingerprint density at radius 2 is 1.88 bits per heavy atom. The quantitative estimate of drug-likeness (QED) is 0.782. The summed E-state index contributed by atoms with van der Waals surface area (Å²) in [6.45, 7) is 4.95. The molecule has 1 rings (SSSR count). The van der Waals surface area contributed by atoms with E-state index in [1.165, 1.54) is 0 Å². The van der Waals surface area contributed by atoms with Crippen molar-refractivity contribution in [2.45, 2.75) is 39.0 Å². The second-order valence-electron chi connectivity index (χ2n) is 4.04. The maximum absolute atomic E-state index is 12.0. The van der Waals surface area contributed by atoms with Gasteiger partial charge in [0.1, 0.15) is 0 Å². The number of carbonyl (C=O) groups is 1. The van der Waals surface area contributed by atoms with Gasteiger partial charge in [-0.15, -0.1) is 0 Å². The first-order valence-electron chi connectivity index (χ1n) is 6.12. The molecule has 16 heavy (non-hydrogen) atoms. The molecular formula is C14H21NO. The van der Waals surface area contributed by atoms with Crippen LogP contribution in [0.2, 0.25) is 0 Å². The Balaban J connectivity index is 2.71. The number of hydrogen-bond donors (Lipinski definition) is 1. The molecule has 1 unspecified atom stereocenters. The van der Waals surface area contributed by atoms with Gasteiger partial charge in [-0.05, 0) is 18.4 Å². The molecule has 1 aromatic rings. The highest BCUT2D eigenvalue weighted by Crippen LogP contribution is 2.21. The van der Waals surface area contributed by atoms with Gasteiger partial charge in [0, 0.05) is 6.54 Å². The fourth-order valence-corrected chi connectivity index (χ4v) is 1.79. The highest BCUT2D eigenvalue weighted by Gasteiger charge is 2.18. The second-order valence-corrected chi connectivity index (χ2v) is 4.04.